The standard InChI is InChI=1S/C29H23FN6O/c1-19-18-35(27(37)15-23-11-8-21(17-32)14-26(23)30)12-13-36(19)29-25-5-3-2-4-24(25)28(33-34-29)22-9-6-20(16-31)7-10-22/h2-11,14,19H,12-13,15,18H2,1H3/t19-/m0/s1. The maximum Gasteiger partial charge on any atom is 0.227 e. The van der Waals surface area contributed by atoms with Gasteiger partial charge in [-0.25, -0.2) is 4.39 Å². The molecule has 1 aromatic heterocycles. The Bertz CT molecular complexity index is 1570. The van der Waals surface area contributed by atoms with Gasteiger partial charge in [0.2, 0.25) is 5.91 Å². The molecule has 8 heteroatoms. The lowest BCUT2D eigenvalue weighted by molar-refractivity contribution is -0.131. The van der Waals surface area contributed by atoms with Crippen molar-refractivity contribution in [3.8, 4) is 23.4 Å². The summed E-state index contributed by atoms with van der Waals surface area (Å²) in [4.78, 5) is 16.9. The van der Waals surface area contributed by atoms with Gasteiger partial charge in [0.1, 0.15) is 11.5 Å². The van der Waals surface area contributed by atoms with Gasteiger partial charge >= 0.3 is 0 Å². The molecule has 5 rings (SSSR count). The summed E-state index contributed by atoms with van der Waals surface area (Å²) in [6, 6.07) is 23.4. The van der Waals surface area contributed by atoms with Crippen LogP contribution in [0.5, 0.6) is 0 Å². The molecule has 1 saturated heterocycles. The number of fused-ring (bicyclic) bond motifs is 1. The van der Waals surface area contributed by atoms with Crippen molar-refractivity contribution in [3.63, 3.8) is 0 Å². The highest BCUT2D eigenvalue weighted by molar-refractivity contribution is 6.00. The minimum absolute atomic E-state index is 0.0259. The fourth-order valence-electron chi connectivity index (χ4n) is 4.75. The maximum absolute atomic E-state index is 14.3. The molecule has 0 aliphatic carbocycles. The van der Waals surface area contributed by atoms with Gasteiger partial charge in [0, 0.05) is 42.0 Å². The van der Waals surface area contributed by atoms with Crippen molar-refractivity contribution < 1.29 is 9.18 Å². The second-order valence-electron chi connectivity index (χ2n) is 9.08. The highest BCUT2D eigenvalue weighted by atomic mass is 19.1. The number of rotatable bonds is 4. The molecule has 1 atom stereocenters. The zero-order valence-electron chi connectivity index (χ0n) is 20.2. The van der Waals surface area contributed by atoms with Crippen LogP contribution in [-0.2, 0) is 11.2 Å². The van der Waals surface area contributed by atoms with Crippen LogP contribution in [-0.4, -0.2) is 46.7 Å². The van der Waals surface area contributed by atoms with Gasteiger partial charge in [-0.2, -0.15) is 10.5 Å². The second kappa shape index (κ2) is 10.0. The van der Waals surface area contributed by atoms with Crippen LogP contribution in [0.2, 0.25) is 0 Å². The van der Waals surface area contributed by atoms with E-state index in [1.54, 1.807) is 17.0 Å². The summed E-state index contributed by atoms with van der Waals surface area (Å²) in [5, 5.41) is 29.1. The van der Waals surface area contributed by atoms with Gasteiger partial charge in [-0.05, 0) is 36.8 Å². The summed E-state index contributed by atoms with van der Waals surface area (Å²) in [5.41, 5.74) is 2.73. The first-order chi connectivity index (χ1) is 18.0. The molecule has 3 aromatic carbocycles. The monoisotopic (exact) mass is 490 g/mol. The van der Waals surface area contributed by atoms with Crippen molar-refractivity contribution in [2.45, 2.75) is 19.4 Å². The molecule has 0 radical (unpaired) electrons. The first kappa shape index (κ1) is 23.9. The SMILES string of the molecule is C[C@H]1CN(C(=O)Cc2ccc(C#N)cc2F)CCN1c1nnc(-c2ccc(C#N)cc2)c2ccccc12. The topological polar surface area (TPSA) is 96.9 Å². The molecule has 0 bridgehead atoms. The van der Waals surface area contributed by atoms with Crippen molar-refractivity contribution in [1.82, 2.24) is 15.1 Å². The molecular weight excluding hydrogens is 467 g/mol. The Morgan fingerprint density at radius 2 is 1.68 bits per heavy atom. The lowest BCUT2D eigenvalue weighted by atomic mass is 10.0. The summed E-state index contributed by atoms with van der Waals surface area (Å²) < 4.78 is 14.3. The molecular formula is C29H23FN6O. The third kappa shape index (κ3) is 4.70. The number of nitriles is 2. The summed E-state index contributed by atoms with van der Waals surface area (Å²) in [7, 11) is 0. The molecule has 7 nitrogen and oxygen atoms in total. The van der Waals surface area contributed by atoms with Gasteiger partial charge in [0.25, 0.3) is 0 Å². The summed E-state index contributed by atoms with van der Waals surface area (Å²) >= 11 is 0. The van der Waals surface area contributed by atoms with Gasteiger partial charge in [-0.3, -0.25) is 4.79 Å². The number of piperazine rings is 1. The predicted octanol–water partition coefficient (Wildman–Crippen LogP) is 4.46. The highest BCUT2D eigenvalue weighted by Gasteiger charge is 2.29. The van der Waals surface area contributed by atoms with E-state index < -0.39 is 5.82 Å². The van der Waals surface area contributed by atoms with Gasteiger partial charge in [-0.15, -0.1) is 10.2 Å². The molecule has 1 aliphatic rings. The molecule has 2 heterocycles. The molecule has 0 saturated carbocycles. The van der Waals surface area contributed by atoms with Gasteiger partial charge in [0.05, 0.1) is 29.7 Å². The van der Waals surface area contributed by atoms with E-state index in [1.807, 2.05) is 49.4 Å². The Morgan fingerprint density at radius 1 is 0.973 bits per heavy atom. The molecule has 4 aromatic rings. The zero-order valence-corrected chi connectivity index (χ0v) is 20.2. The Hall–Kier alpha value is -4.82. The summed E-state index contributed by atoms with van der Waals surface area (Å²) in [6.07, 6.45) is -0.0493. The van der Waals surface area contributed by atoms with E-state index >= 15 is 0 Å². The van der Waals surface area contributed by atoms with Crippen LogP contribution in [0.3, 0.4) is 0 Å². The van der Waals surface area contributed by atoms with Gasteiger partial charge in [-0.1, -0.05) is 42.5 Å². The minimum atomic E-state index is -0.539. The number of benzene rings is 3. The number of nitrogens with zero attached hydrogens (tertiary/aromatic N) is 6. The van der Waals surface area contributed by atoms with E-state index in [1.165, 1.54) is 12.1 Å². The Morgan fingerprint density at radius 3 is 2.35 bits per heavy atom. The first-order valence-corrected chi connectivity index (χ1v) is 12.0. The smallest absolute Gasteiger partial charge is 0.227 e. The number of amides is 1. The molecule has 0 unspecified atom stereocenters. The van der Waals surface area contributed by atoms with Crippen molar-refractivity contribution in [1.29, 1.82) is 10.5 Å². The predicted molar refractivity (Wildman–Crippen MR) is 138 cm³/mol. The number of carbonyl (C=O) groups excluding carboxylic acids is 1. The van der Waals surface area contributed by atoms with Gasteiger partial charge < -0.3 is 9.80 Å². The normalized spacial score (nSPS) is 15.3. The van der Waals surface area contributed by atoms with Crippen LogP contribution in [0.15, 0.2) is 66.7 Å². The van der Waals surface area contributed by atoms with Crippen LogP contribution >= 0.6 is 0 Å². The second-order valence-corrected chi connectivity index (χ2v) is 9.08. The quantitative estimate of drug-likeness (QED) is 0.419. The Labute approximate surface area is 214 Å². The molecule has 37 heavy (non-hydrogen) atoms. The molecule has 1 aliphatic heterocycles. The van der Waals surface area contributed by atoms with E-state index in [4.69, 9.17) is 10.5 Å². The van der Waals surface area contributed by atoms with E-state index in [2.05, 4.69) is 21.2 Å². The van der Waals surface area contributed by atoms with E-state index in [9.17, 15) is 9.18 Å². The number of hydrogen-bond acceptors (Lipinski definition) is 6. The van der Waals surface area contributed by atoms with Crippen LogP contribution in [0, 0.1) is 28.5 Å². The number of aromatic nitrogens is 2. The minimum Gasteiger partial charge on any atom is -0.348 e. The number of hydrogen-bond donors (Lipinski definition) is 0. The van der Waals surface area contributed by atoms with Crippen LogP contribution in [0.4, 0.5) is 10.2 Å². The van der Waals surface area contributed by atoms with E-state index in [-0.39, 0.29) is 29.5 Å². The van der Waals surface area contributed by atoms with Crippen molar-refractivity contribution in [2.75, 3.05) is 24.5 Å². The summed E-state index contributed by atoms with van der Waals surface area (Å²) in [5.74, 6) is 0.0659. The van der Waals surface area contributed by atoms with Gasteiger partial charge in [0.15, 0.2) is 5.82 Å². The van der Waals surface area contributed by atoms with E-state index in [0.29, 0.717) is 25.2 Å². The first-order valence-electron chi connectivity index (χ1n) is 12.0. The number of halogens is 1. The lowest BCUT2D eigenvalue weighted by Gasteiger charge is -2.40. The molecule has 1 fully saturated rings. The molecule has 182 valence electrons. The van der Waals surface area contributed by atoms with Crippen LogP contribution < -0.4 is 4.90 Å². The van der Waals surface area contributed by atoms with Crippen molar-refractivity contribution >= 4 is 22.5 Å². The Balaban J connectivity index is 1.36. The van der Waals surface area contributed by atoms with Crippen LogP contribution in [0.1, 0.15) is 23.6 Å². The average molecular weight is 491 g/mol. The van der Waals surface area contributed by atoms with Crippen LogP contribution in [0.25, 0.3) is 22.0 Å². The Kier molecular flexibility index (Phi) is 6.49. The molecule has 0 spiro atoms. The van der Waals surface area contributed by atoms with E-state index in [0.717, 1.165) is 33.9 Å². The summed E-state index contributed by atoms with van der Waals surface area (Å²) in [6.45, 7) is 3.56. The fraction of sp³-hybridized carbons (Fsp3) is 0.207. The molecule has 1 amide bonds. The lowest BCUT2D eigenvalue weighted by Crippen LogP contribution is -2.54. The zero-order chi connectivity index (χ0) is 25.9. The maximum atomic E-state index is 14.3. The largest absolute Gasteiger partial charge is 0.348 e. The molecule has 0 N–H and O–H groups in total. The third-order valence-electron chi connectivity index (χ3n) is 6.73. The highest BCUT2D eigenvalue weighted by Crippen LogP contribution is 2.33. The average Bonchev–Trinajstić information content (AvgIpc) is 2.93. The number of carbonyl (C=O) groups is 1. The van der Waals surface area contributed by atoms with Crippen molar-refractivity contribution in [3.05, 3.63) is 89.2 Å². The number of anilines is 1. The third-order valence-corrected chi connectivity index (χ3v) is 6.73. The van der Waals surface area contributed by atoms with Crippen molar-refractivity contribution in [2.24, 2.45) is 0 Å². The fourth-order valence-corrected chi connectivity index (χ4v) is 4.75.